The van der Waals surface area contributed by atoms with Crippen molar-refractivity contribution in [1.29, 1.82) is 0 Å². The van der Waals surface area contributed by atoms with Gasteiger partial charge in [-0.1, -0.05) is 18.3 Å². The standard InChI is InChI=1S/C22H25IN2O4S/c1-14-4-5-17(10-15(14)2)24-20(26)13-29-21-18(23)11-16(12-19(21)27-3)22(30)25-6-8-28-9-7-25/h4-5,10-12H,6-9,13H2,1-3H3,(H,24,26). The number of nitrogens with one attached hydrogen (secondary N) is 1. The number of rotatable bonds is 6. The zero-order valence-corrected chi connectivity index (χ0v) is 20.3. The maximum absolute atomic E-state index is 12.4. The van der Waals surface area contributed by atoms with Crippen LogP contribution in [-0.2, 0) is 9.53 Å². The number of hydrogen-bond acceptors (Lipinski definition) is 5. The molecule has 1 aliphatic rings. The average Bonchev–Trinajstić information content (AvgIpc) is 2.75. The highest BCUT2D eigenvalue weighted by Crippen LogP contribution is 2.34. The van der Waals surface area contributed by atoms with Gasteiger partial charge in [0.1, 0.15) is 4.99 Å². The molecule has 1 saturated heterocycles. The van der Waals surface area contributed by atoms with Crippen LogP contribution in [0, 0.1) is 17.4 Å². The van der Waals surface area contributed by atoms with Gasteiger partial charge in [0, 0.05) is 24.3 Å². The largest absolute Gasteiger partial charge is 0.493 e. The molecule has 3 rings (SSSR count). The second-order valence-corrected chi connectivity index (χ2v) is 8.58. The Balaban J connectivity index is 1.68. The summed E-state index contributed by atoms with van der Waals surface area (Å²) >= 11 is 7.83. The van der Waals surface area contributed by atoms with E-state index in [1.165, 1.54) is 5.56 Å². The predicted octanol–water partition coefficient (Wildman–Crippen LogP) is 3.94. The minimum Gasteiger partial charge on any atom is -0.493 e. The van der Waals surface area contributed by atoms with Gasteiger partial charge in [-0.25, -0.2) is 0 Å². The van der Waals surface area contributed by atoms with Crippen molar-refractivity contribution in [2.24, 2.45) is 0 Å². The SMILES string of the molecule is COc1cc(C(=S)N2CCOCC2)cc(I)c1OCC(=O)Nc1ccc(C)c(C)c1. The first kappa shape index (κ1) is 22.8. The highest BCUT2D eigenvalue weighted by Gasteiger charge is 2.19. The maximum Gasteiger partial charge on any atom is 0.262 e. The van der Waals surface area contributed by atoms with Gasteiger partial charge in [-0.05, 0) is 71.8 Å². The van der Waals surface area contributed by atoms with Crippen molar-refractivity contribution >= 4 is 51.4 Å². The predicted molar refractivity (Wildman–Crippen MR) is 130 cm³/mol. The Kier molecular flexibility index (Phi) is 7.90. The van der Waals surface area contributed by atoms with Crippen molar-refractivity contribution < 1.29 is 19.0 Å². The summed E-state index contributed by atoms with van der Waals surface area (Å²) in [5, 5.41) is 2.86. The Morgan fingerprint density at radius 1 is 1.20 bits per heavy atom. The van der Waals surface area contributed by atoms with Crippen LogP contribution in [-0.4, -0.2) is 55.8 Å². The summed E-state index contributed by atoms with van der Waals surface area (Å²) in [4.78, 5) is 15.2. The molecule has 0 aromatic heterocycles. The van der Waals surface area contributed by atoms with E-state index in [-0.39, 0.29) is 12.5 Å². The lowest BCUT2D eigenvalue weighted by molar-refractivity contribution is -0.118. The number of carbonyl (C=O) groups is 1. The Bertz CT molecular complexity index is 945. The first-order valence-electron chi connectivity index (χ1n) is 9.63. The lowest BCUT2D eigenvalue weighted by atomic mass is 10.1. The molecular formula is C22H25IN2O4S. The number of nitrogens with zero attached hydrogens (tertiary/aromatic N) is 1. The fraction of sp³-hybridized carbons (Fsp3) is 0.364. The lowest BCUT2D eigenvalue weighted by Crippen LogP contribution is -2.40. The molecule has 0 aliphatic carbocycles. The highest BCUT2D eigenvalue weighted by molar-refractivity contribution is 14.1. The third-order valence-electron chi connectivity index (χ3n) is 4.91. The Hall–Kier alpha value is -1.91. The summed E-state index contributed by atoms with van der Waals surface area (Å²) in [5.41, 5.74) is 3.94. The number of halogens is 1. The van der Waals surface area contributed by atoms with E-state index in [1.807, 2.05) is 44.2 Å². The van der Waals surface area contributed by atoms with E-state index in [0.717, 1.165) is 38.5 Å². The molecule has 2 aromatic rings. The first-order chi connectivity index (χ1) is 14.4. The van der Waals surface area contributed by atoms with Gasteiger partial charge in [-0.3, -0.25) is 4.79 Å². The molecule has 1 amide bonds. The molecule has 0 unspecified atom stereocenters. The zero-order valence-electron chi connectivity index (χ0n) is 17.3. The molecule has 0 atom stereocenters. The van der Waals surface area contributed by atoms with Gasteiger partial charge >= 0.3 is 0 Å². The van der Waals surface area contributed by atoms with Crippen molar-refractivity contribution in [3.05, 3.63) is 50.6 Å². The van der Waals surface area contributed by atoms with Crippen LogP contribution in [0.25, 0.3) is 0 Å². The summed E-state index contributed by atoms with van der Waals surface area (Å²) in [6, 6.07) is 9.62. The molecule has 160 valence electrons. The fourth-order valence-corrected chi connectivity index (χ4v) is 4.14. The minimum absolute atomic E-state index is 0.119. The van der Waals surface area contributed by atoms with Gasteiger partial charge in [-0.2, -0.15) is 0 Å². The van der Waals surface area contributed by atoms with Gasteiger partial charge in [0.2, 0.25) is 0 Å². The van der Waals surface area contributed by atoms with E-state index < -0.39 is 0 Å². The molecule has 0 spiro atoms. The molecule has 1 heterocycles. The quantitative estimate of drug-likeness (QED) is 0.443. The molecule has 6 nitrogen and oxygen atoms in total. The fourth-order valence-electron chi connectivity index (χ4n) is 3.09. The number of aryl methyl sites for hydroxylation is 2. The number of amides is 1. The molecule has 0 bridgehead atoms. The van der Waals surface area contributed by atoms with Crippen LogP contribution in [0.15, 0.2) is 30.3 Å². The third-order valence-corrected chi connectivity index (χ3v) is 6.21. The molecule has 1 fully saturated rings. The van der Waals surface area contributed by atoms with E-state index in [0.29, 0.717) is 24.7 Å². The number of methoxy groups -OCH3 is 1. The van der Waals surface area contributed by atoms with Crippen molar-refractivity contribution in [2.45, 2.75) is 13.8 Å². The summed E-state index contributed by atoms with van der Waals surface area (Å²) in [5.74, 6) is 0.845. The van der Waals surface area contributed by atoms with E-state index in [2.05, 4.69) is 32.8 Å². The Labute approximate surface area is 196 Å². The highest BCUT2D eigenvalue weighted by atomic mass is 127. The van der Waals surface area contributed by atoms with Crippen molar-refractivity contribution in [3.63, 3.8) is 0 Å². The van der Waals surface area contributed by atoms with E-state index >= 15 is 0 Å². The maximum atomic E-state index is 12.4. The number of carbonyl (C=O) groups excluding carboxylic acids is 1. The molecule has 1 N–H and O–H groups in total. The number of benzene rings is 2. The topological polar surface area (TPSA) is 60.0 Å². The summed E-state index contributed by atoms with van der Waals surface area (Å²) in [6.07, 6.45) is 0. The summed E-state index contributed by atoms with van der Waals surface area (Å²) < 4.78 is 17.6. The molecule has 0 radical (unpaired) electrons. The van der Waals surface area contributed by atoms with Gasteiger partial charge in [0.05, 0.1) is 23.9 Å². The number of hydrogen-bond donors (Lipinski definition) is 1. The van der Waals surface area contributed by atoms with Crippen LogP contribution in [0.3, 0.4) is 0 Å². The number of morpholine rings is 1. The van der Waals surface area contributed by atoms with Gasteiger partial charge in [-0.15, -0.1) is 0 Å². The van der Waals surface area contributed by atoms with Gasteiger partial charge in [0.25, 0.3) is 5.91 Å². The van der Waals surface area contributed by atoms with Crippen LogP contribution in [0.1, 0.15) is 16.7 Å². The van der Waals surface area contributed by atoms with Crippen molar-refractivity contribution in [1.82, 2.24) is 4.90 Å². The smallest absolute Gasteiger partial charge is 0.262 e. The minimum atomic E-state index is -0.232. The summed E-state index contributed by atoms with van der Waals surface area (Å²) in [6.45, 7) is 6.82. The second-order valence-electron chi connectivity index (χ2n) is 7.03. The van der Waals surface area contributed by atoms with Crippen LogP contribution in [0.2, 0.25) is 0 Å². The number of anilines is 1. The first-order valence-corrected chi connectivity index (χ1v) is 11.1. The average molecular weight is 540 g/mol. The van der Waals surface area contributed by atoms with Crippen molar-refractivity contribution in [3.8, 4) is 11.5 Å². The van der Waals surface area contributed by atoms with Crippen LogP contribution < -0.4 is 14.8 Å². The van der Waals surface area contributed by atoms with Crippen LogP contribution >= 0.6 is 34.8 Å². The molecule has 1 aliphatic heterocycles. The normalized spacial score (nSPS) is 13.7. The monoisotopic (exact) mass is 540 g/mol. The zero-order chi connectivity index (χ0) is 21.7. The van der Waals surface area contributed by atoms with Crippen LogP contribution in [0.5, 0.6) is 11.5 Å². The number of thiocarbonyl (C=S) groups is 1. The molecule has 8 heteroatoms. The van der Waals surface area contributed by atoms with Gasteiger partial charge < -0.3 is 24.4 Å². The lowest BCUT2D eigenvalue weighted by Gasteiger charge is -2.29. The molecule has 2 aromatic carbocycles. The Morgan fingerprint density at radius 3 is 2.60 bits per heavy atom. The third kappa shape index (κ3) is 5.61. The van der Waals surface area contributed by atoms with Gasteiger partial charge in [0.15, 0.2) is 18.1 Å². The number of ether oxygens (including phenoxy) is 3. The summed E-state index contributed by atoms with van der Waals surface area (Å²) in [7, 11) is 1.58. The molecule has 30 heavy (non-hydrogen) atoms. The molecular weight excluding hydrogens is 515 g/mol. The second kappa shape index (κ2) is 10.4. The van der Waals surface area contributed by atoms with E-state index in [1.54, 1.807) is 7.11 Å². The van der Waals surface area contributed by atoms with Crippen LogP contribution in [0.4, 0.5) is 5.69 Å². The molecule has 0 saturated carbocycles. The van der Waals surface area contributed by atoms with E-state index in [9.17, 15) is 4.79 Å². The van der Waals surface area contributed by atoms with E-state index in [4.69, 9.17) is 26.4 Å². The van der Waals surface area contributed by atoms with Crippen molar-refractivity contribution in [2.75, 3.05) is 45.3 Å². The Morgan fingerprint density at radius 2 is 1.93 bits per heavy atom.